The van der Waals surface area contributed by atoms with Gasteiger partial charge in [-0.15, -0.1) is 0 Å². The maximum absolute atomic E-state index is 10.5. The van der Waals surface area contributed by atoms with Crippen LogP contribution in [0.15, 0.2) is 0 Å². The first-order valence-electron chi connectivity index (χ1n) is 2.96. The highest BCUT2D eigenvalue weighted by Crippen LogP contribution is 2.29. The maximum Gasteiger partial charge on any atom is 0.208 e. The summed E-state index contributed by atoms with van der Waals surface area (Å²) in [5.74, 6) is 0.541. The van der Waals surface area contributed by atoms with Crippen molar-refractivity contribution >= 4 is 10.0 Å². The molecule has 1 saturated carbocycles. The average Bonchev–Trinajstić information content (AvgIpc) is 2.13. The average molecular weight is 149 g/mol. The number of hydrogen-bond donors (Lipinski definition) is 1. The zero-order chi connectivity index (χ0) is 7.07. The van der Waals surface area contributed by atoms with Crippen molar-refractivity contribution in [2.75, 3.05) is 6.26 Å². The molecule has 1 fully saturated rings. The van der Waals surface area contributed by atoms with Gasteiger partial charge in [0.05, 0.1) is 6.26 Å². The van der Waals surface area contributed by atoms with Gasteiger partial charge in [-0.05, 0) is 12.3 Å². The van der Waals surface area contributed by atoms with E-state index >= 15 is 0 Å². The SMILES string of the molecule is C[C@H]1C[C@H]1NS(C)(=O)=O. The van der Waals surface area contributed by atoms with Crippen molar-refractivity contribution in [2.45, 2.75) is 19.4 Å². The normalized spacial score (nSPS) is 34.4. The molecule has 2 atom stereocenters. The Balaban J connectivity index is 2.37. The summed E-state index contributed by atoms with van der Waals surface area (Å²) in [5, 5.41) is 0. The Morgan fingerprint density at radius 2 is 2.00 bits per heavy atom. The summed E-state index contributed by atoms with van der Waals surface area (Å²) >= 11 is 0. The largest absolute Gasteiger partial charge is 0.213 e. The van der Waals surface area contributed by atoms with Gasteiger partial charge in [0.2, 0.25) is 10.0 Å². The van der Waals surface area contributed by atoms with E-state index in [0.29, 0.717) is 5.92 Å². The molecule has 1 aliphatic rings. The van der Waals surface area contributed by atoms with E-state index in [1.807, 2.05) is 6.92 Å². The van der Waals surface area contributed by atoms with Gasteiger partial charge in [0.25, 0.3) is 0 Å². The van der Waals surface area contributed by atoms with Crippen LogP contribution in [-0.2, 0) is 10.0 Å². The van der Waals surface area contributed by atoms with Gasteiger partial charge in [0, 0.05) is 6.04 Å². The predicted octanol–water partition coefficient (Wildman–Crippen LogP) is -0.0560. The minimum absolute atomic E-state index is 0.222. The van der Waals surface area contributed by atoms with Gasteiger partial charge in [-0.3, -0.25) is 0 Å². The van der Waals surface area contributed by atoms with Crippen LogP contribution < -0.4 is 4.72 Å². The topological polar surface area (TPSA) is 46.2 Å². The van der Waals surface area contributed by atoms with Crippen LogP contribution in [0.5, 0.6) is 0 Å². The lowest BCUT2D eigenvalue weighted by atomic mass is 10.5. The Morgan fingerprint density at radius 3 is 2.11 bits per heavy atom. The number of nitrogens with one attached hydrogen (secondary N) is 1. The highest BCUT2D eigenvalue weighted by atomic mass is 32.2. The molecule has 4 heteroatoms. The summed E-state index contributed by atoms with van der Waals surface area (Å²) in [6.07, 6.45) is 2.19. The smallest absolute Gasteiger partial charge is 0.208 e. The number of sulfonamides is 1. The van der Waals surface area contributed by atoms with Crippen molar-refractivity contribution in [1.29, 1.82) is 0 Å². The van der Waals surface area contributed by atoms with Crippen LogP contribution in [0.4, 0.5) is 0 Å². The zero-order valence-electron chi connectivity index (χ0n) is 5.59. The molecular weight excluding hydrogens is 138 g/mol. The second kappa shape index (κ2) is 1.95. The summed E-state index contributed by atoms with van der Waals surface area (Å²) in [7, 11) is -2.94. The molecule has 0 amide bonds. The van der Waals surface area contributed by atoms with Crippen LogP contribution in [0.1, 0.15) is 13.3 Å². The molecule has 0 heterocycles. The van der Waals surface area contributed by atoms with Crippen LogP contribution in [0.2, 0.25) is 0 Å². The standard InChI is InChI=1S/C5H11NO2S/c1-4-3-5(4)6-9(2,7)8/h4-6H,3H2,1-2H3/t4-,5+/m0/s1. The second-order valence-electron chi connectivity index (χ2n) is 2.71. The Labute approximate surface area is 55.5 Å². The Kier molecular flexibility index (Phi) is 1.52. The molecule has 0 aromatic rings. The number of hydrogen-bond acceptors (Lipinski definition) is 2. The molecule has 0 unspecified atom stereocenters. The fraction of sp³-hybridized carbons (Fsp3) is 1.00. The summed E-state index contributed by atoms with van der Waals surface area (Å²) in [6.45, 7) is 2.03. The van der Waals surface area contributed by atoms with Crippen molar-refractivity contribution in [3.05, 3.63) is 0 Å². The molecule has 1 N–H and O–H groups in total. The van der Waals surface area contributed by atoms with Gasteiger partial charge < -0.3 is 0 Å². The Morgan fingerprint density at radius 1 is 1.56 bits per heavy atom. The lowest BCUT2D eigenvalue weighted by Crippen LogP contribution is -2.24. The molecular formula is C5H11NO2S. The van der Waals surface area contributed by atoms with Gasteiger partial charge in [0.15, 0.2) is 0 Å². The van der Waals surface area contributed by atoms with E-state index in [1.165, 1.54) is 6.26 Å². The van der Waals surface area contributed by atoms with Crippen LogP contribution >= 0.6 is 0 Å². The second-order valence-corrected chi connectivity index (χ2v) is 4.49. The van der Waals surface area contributed by atoms with Gasteiger partial charge in [-0.2, -0.15) is 0 Å². The lowest BCUT2D eigenvalue weighted by Gasteiger charge is -1.96. The van der Waals surface area contributed by atoms with Crippen LogP contribution in [0.3, 0.4) is 0 Å². The third kappa shape index (κ3) is 2.32. The first-order valence-corrected chi connectivity index (χ1v) is 4.85. The lowest BCUT2D eigenvalue weighted by molar-refractivity contribution is 0.584. The summed E-state index contributed by atoms with van der Waals surface area (Å²) in [6, 6.07) is 0.222. The van der Waals surface area contributed by atoms with Gasteiger partial charge in [-0.1, -0.05) is 6.92 Å². The highest BCUT2D eigenvalue weighted by molar-refractivity contribution is 7.88. The molecule has 1 aliphatic carbocycles. The van der Waals surface area contributed by atoms with Gasteiger partial charge in [0.1, 0.15) is 0 Å². The van der Waals surface area contributed by atoms with Crippen molar-refractivity contribution in [1.82, 2.24) is 4.72 Å². The van der Waals surface area contributed by atoms with Crippen molar-refractivity contribution in [3.8, 4) is 0 Å². The first kappa shape index (κ1) is 7.02. The van der Waals surface area contributed by atoms with E-state index in [9.17, 15) is 8.42 Å². The Hall–Kier alpha value is -0.0900. The maximum atomic E-state index is 10.5. The quantitative estimate of drug-likeness (QED) is 0.598. The van der Waals surface area contributed by atoms with E-state index < -0.39 is 10.0 Å². The van der Waals surface area contributed by atoms with E-state index in [0.717, 1.165) is 6.42 Å². The molecule has 9 heavy (non-hydrogen) atoms. The molecule has 0 bridgehead atoms. The third-order valence-electron chi connectivity index (χ3n) is 1.47. The zero-order valence-corrected chi connectivity index (χ0v) is 6.40. The van der Waals surface area contributed by atoms with E-state index in [-0.39, 0.29) is 6.04 Å². The van der Waals surface area contributed by atoms with Crippen molar-refractivity contribution in [2.24, 2.45) is 5.92 Å². The van der Waals surface area contributed by atoms with Gasteiger partial charge >= 0.3 is 0 Å². The summed E-state index contributed by atoms with van der Waals surface area (Å²) in [5.41, 5.74) is 0. The monoisotopic (exact) mass is 149 g/mol. The van der Waals surface area contributed by atoms with E-state index in [2.05, 4.69) is 4.72 Å². The van der Waals surface area contributed by atoms with Crippen molar-refractivity contribution in [3.63, 3.8) is 0 Å². The molecule has 0 aliphatic heterocycles. The molecule has 54 valence electrons. The fourth-order valence-electron chi connectivity index (χ4n) is 0.761. The molecule has 0 radical (unpaired) electrons. The van der Waals surface area contributed by atoms with E-state index in [4.69, 9.17) is 0 Å². The fourth-order valence-corrected chi connectivity index (χ4v) is 1.64. The predicted molar refractivity (Wildman–Crippen MR) is 35.5 cm³/mol. The molecule has 0 spiro atoms. The van der Waals surface area contributed by atoms with Crippen LogP contribution in [0, 0.1) is 5.92 Å². The van der Waals surface area contributed by atoms with Crippen LogP contribution in [0.25, 0.3) is 0 Å². The highest BCUT2D eigenvalue weighted by Gasteiger charge is 2.34. The van der Waals surface area contributed by atoms with E-state index in [1.54, 1.807) is 0 Å². The van der Waals surface area contributed by atoms with Crippen LogP contribution in [-0.4, -0.2) is 20.7 Å². The Bertz CT molecular complexity index is 197. The minimum Gasteiger partial charge on any atom is -0.213 e. The molecule has 0 saturated heterocycles. The molecule has 0 aromatic carbocycles. The molecule has 0 aromatic heterocycles. The minimum atomic E-state index is -2.94. The van der Waals surface area contributed by atoms with Crippen molar-refractivity contribution < 1.29 is 8.42 Å². The molecule has 3 nitrogen and oxygen atoms in total. The first-order chi connectivity index (χ1) is 3.99. The van der Waals surface area contributed by atoms with Gasteiger partial charge in [-0.25, -0.2) is 13.1 Å². The molecule has 1 rings (SSSR count). The number of rotatable bonds is 2. The third-order valence-corrected chi connectivity index (χ3v) is 2.21. The summed E-state index contributed by atoms with van der Waals surface area (Å²) < 4.78 is 23.5. The summed E-state index contributed by atoms with van der Waals surface area (Å²) in [4.78, 5) is 0.